The lowest BCUT2D eigenvalue weighted by Gasteiger charge is -2.07. The number of anilines is 1. The molecule has 8 heteroatoms. The van der Waals surface area contributed by atoms with E-state index in [1.807, 2.05) is 30.3 Å². The molecule has 0 fully saturated rings. The molecule has 4 N–H and O–H groups in total. The summed E-state index contributed by atoms with van der Waals surface area (Å²) in [6.07, 6.45) is 2.87. The fraction of sp³-hybridized carbons (Fsp3) is 0. The Morgan fingerprint density at radius 3 is 2.70 bits per heavy atom. The first-order chi connectivity index (χ1) is 9.65. The van der Waals surface area contributed by atoms with Gasteiger partial charge >= 0.3 is 0 Å². The zero-order chi connectivity index (χ0) is 14.4. The monoisotopic (exact) mass is 306 g/mol. The number of halogens is 1. The van der Waals surface area contributed by atoms with E-state index in [1.54, 1.807) is 0 Å². The normalized spacial score (nSPS) is 10.9. The summed E-state index contributed by atoms with van der Waals surface area (Å²) in [7, 11) is 0. The molecular formula is C12H11ClN6S. The Balaban J connectivity index is 1.97. The van der Waals surface area contributed by atoms with Gasteiger partial charge in [0.05, 0.1) is 12.4 Å². The van der Waals surface area contributed by atoms with Gasteiger partial charge in [-0.2, -0.15) is 5.10 Å². The van der Waals surface area contributed by atoms with E-state index >= 15 is 0 Å². The van der Waals surface area contributed by atoms with Gasteiger partial charge in [0.15, 0.2) is 10.9 Å². The van der Waals surface area contributed by atoms with E-state index in [0.29, 0.717) is 10.8 Å². The van der Waals surface area contributed by atoms with E-state index in [1.165, 1.54) is 12.4 Å². The minimum absolute atomic E-state index is 0.136. The van der Waals surface area contributed by atoms with Crippen molar-refractivity contribution < 1.29 is 0 Å². The standard InChI is InChI=1S/C12H11ClN6S/c13-10-7-15-6-9(17-10)11(14)18-19-12(20)16-8-4-2-1-3-5-8/h1-7H,(H2,14,18)(H2,16,19,20). The van der Waals surface area contributed by atoms with E-state index in [2.05, 4.69) is 25.8 Å². The van der Waals surface area contributed by atoms with Gasteiger partial charge in [-0.05, 0) is 24.4 Å². The highest BCUT2D eigenvalue weighted by Gasteiger charge is 2.02. The second-order valence-electron chi connectivity index (χ2n) is 3.66. The van der Waals surface area contributed by atoms with E-state index < -0.39 is 0 Å². The summed E-state index contributed by atoms with van der Waals surface area (Å²) in [6.45, 7) is 0. The van der Waals surface area contributed by atoms with Crippen molar-refractivity contribution in [1.82, 2.24) is 15.4 Å². The van der Waals surface area contributed by atoms with Crippen LogP contribution in [0.15, 0.2) is 47.8 Å². The fourth-order valence-electron chi connectivity index (χ4n) is 1.31. The summed E-state index contributed by atoms with van der Waals surface area (Å²) in [5, 5.41) is 7.42. The average molecular weight is 307 g/mol. The molecule has 102 valence electrons. The lowest BCUT2D eigenvalue weighted by molar-refractivity contribution is 1.02. The molecule has 0 saturated carbocycles. The van der Waals surface area contributed by atoms with Gasteiger partial charge in [0.1, 0.15) is 10.8 Å². The zero-order valence-electron chi connectivity index (χ0n) is 10.2. The van der Waals surface area contributed by atoms with Gasteiger partial charge in [-0.3, -0.25) is 10.4 Å². The van der Waals surface area contributed by atoms with E-state index in [0.717, 1.165) is 5.69 Å². The number of rotatable bonds is 3. The third-order valence-electron chi connectivity index (χ3n) is 2.18. The SMILES string of the molecule is N/C(=N\NC(=S)Nc1ccccc1)c1cncc(Cl)n1. The van der Waals surface area contributed by atoms with E-state index in [-0.39, 0.29) is 11.0 Å². The van der Waals surface area contributed by atoms with Gasteiger partial charge in [0.25, 0.3) is 0 Å². The molecule has 2 rings (SSSR count). The van der Waals surface area contributed by atoms with Gasteiger partial charge in [0, 0.05) is 5.69 Å². The molecule has 2 aromatic rings. The molecule has 0 unspecified atom stereocenters. The van der Waals surface area contributed by atoms with Gasteiger partial charge in [-0.15, -0.1) is 0 Å². The second kappa shape index (κ2) is 6.78. The van der Waals surface area contributed by atoms with Crippen LogP contribution in [0.5, 0.6) is 0 Å². The van der Waals surface area contributed by atoms with E-state index in [9.17, 15) is 0 Å². The third kappa shape index (κ3) is 4.15. The van der Waals surface area contributed by atoms with Gasteiger partial charge in [-0.25, -0.2) is 4.98 Å². The first kappa shape index (κ1) is 14.2. The minimum Gasteiger partial charge on any atom is -0.380 e. The second-order valence-corrected chi connectivity index (χ2v) is 4.45. The summed E-state index contributed by atoms with van der Waals surface area (Å²) >= 11 is 10.8. The molecule has 0 spiro atoms. The van der Waals surface area contributed by atoms with Crippen molar-refractivity contribution in [2.24, 2.45) is 10.8 Å². The number of nitrogens with two attached hydrogens (primary N) is 1. The molecular weight excluding hydrogens is 296 g/mol. The largest absolute Gasteiger partial charge is 0.380 e. The summed E-state index contributed by atoms with van der Waals surface area (Å²) in [4.78, 5) is 7.85. The topological polar surface area (TPSA) is 88.2 Å². The molecule has 0 radical (unpaired) electrons. The predicted molar refractivity (Wildman–Crippen MR) is 83.6 cm³/mol. The summed E-state index contributed by atoms with van der Waals surface area (Å²) < 4.78 is 0. The summed E-state index contributed by atoms with van der Waals surface area (Å²) in [5.41, 5.74) is 9.58. The Labute approximate surface area is 126 Å². The van der Waals surface area contributed by atoms with Crippen LogP contribution in [0, 0.1) is 0 Å². The molecule has 0 atom stereocenters. The van der Waals surface area contributed by atoms with Crippen molar-refractivity contribution in [3.63, 3.8) is 0 Å². The molecule has 0 aliphatic carbocycles. The number of benzene rings is 1. The van der Waals surface area contributed by atoms with Crippen LogP contribution in [-0.2, 0) is 0 Å². The maximum atomic E-state index is 5.74. The molecule has 0 bridgehead atoms. The van der Waals surface area contributed by atoms with Crippen LogP contribution in [0.1, 0.15) is 5.69 Å². The van der Waals surface area contributed by atoms with Crippen molar-refractivity contribution in [2.75, 3.05) is 5.32 Å². The summed E-state index contributed by atoms with van der Waals surface area (Å²) in [5.74, 6) is 0.136. The molecule has 0 saturated heterocycles. The highest BCUT2D eigenvalue weighted by molar-refractivity contribution is 7.80. The maximum Gasteiger partial charge on any atom is 0.191 e. The molecule has 6 nitrogen and oxygen atoms in total. The Bertz CT molecular complexity index is 631. The molecule has 20 heavy (non-hydrogen) atoms. The predicted octanol–water partition coefficient (Wildman–Crippen LogP) is 1.74. The Kier molecular flexibility index (Phi) is 4.80. The minimum atomic E-state index is 0.136. The molecule has 0 aliphatic rings. The first-order valence-electron chi connectivity index (χ1n) is 5.58. The van der Waals surface area contributed by atoms with E-state index in [4.69, 9.17) is 29.6 Å². The number of para-hydroxylation sites is 1. The van der Waals surface area contributed by atoms with Crippen molar-refractivity contribution in [3.05, 3.63) is 53.6 Å². The van der Waals surface area contributed by atoms with Gasteiger partial charge in [-0.1, -0.05) is 29.8 Å². The number of nitrogens with zero attached hydrogens (tertiary/aromatic N) is 3. The van der Waals surface area contributed by atoms with Crippen LogP contribution >= 0.6 is 23.8 Å². The van der Waals surface area contributed by atoms with Crippen LogP contribution in [-0.4, -0.2) is 20.9 Å². The number of hydrazone groups is 1. The van der Waals surface area contributed by atoms with Crippen LogP contribution in [0.4, 0.5) is 5.69 Å². The van der Waals surface area contributed by atoms with Gasteiger partial charge < -0.3 is 11.1 Å². The number of thiocarbonyl (C=S) groups is 1. The van der Waals surface area contributed by atoms with Crippen LogP contribution in [0.25, 0.3) is 0 Å². The van der Waals surface area contributed by atoms with Crippen LogP contribution in [0.3, 0.4) is 0 Å². The highest BCUT2D eigenvalue weighted by atomic mass is 35.5. The lowest BCUT2D eigenvalue weighted by Crippen LogP contribution is -2.28. The number of nitrogens with one attached hydrogen (secondary N) is 2. The third-order valence-corrected chi connectivity index (χ3v) is 2.55. The van der Waals surface area contributed by atoms with Crippen molar-refractivity contribution in [2.45, 2.75) is 0 Å². The molecule has 1 heterocycles. The molecule has 1 aromatic carbocycles. The van der Waals surface area contributed by atoms with Crippen molar-refractivity contribution >= 4 is 40.5 Å². The fourth-order valence-corrected chi connectivity index (χ4v) is 1.63. The smallest absolute Gasteiger partial charge is 0.191 e. The van der Waals surface area contributed by atoms with Crippen molar-refractivity contribution in [1.29, 1.82) is 0 Å². The van der Waals surface area contributed by atoms with Crippen LogP contribution in [0.2, 0.25) is 5.15 Å². The Morgan fingerprint density at radius 2 is 2.00 bits per heavy atom. The number of aromatic nitrogens is 2. The molecule has 0 aliphatic heterocycles. The average Bonchev–Trinajstić information content (AvgIpc) is 2.46. The molecule has 0 amide bonds. The lowest BCUT2D eigenvalue weighted by atomic mass is 10.3. The first-order valence-corrected chi connectivity index (χ1v) is 6.37. The van der Waals surface area contributed by atoms with Gasteiger partial charge in [0.2, 0.25) is 0 Å². The number of hydrogen-bond acceptors (Lipinski definition) is 4. The highest BCUT2D eigenvalue weighted by Crippen LogP contribution is 2.04. The quantitative estimate of drug-likeness (QED) is 0.346. The van der Waals surface area contributed by atoms with Crippen molar-refractivity contribution in [3.8, 4) is 0 Å². The van der Waals surface area contributed by atoms with Crippen LogP contribution < -0.4 is 16.5 Å². The Hall–Kier alpha value is -2.25. The zero-order valence-corrected chi connectivity index (χ0v) is 11.8. The Morgan fingerprint density at radius 1 is 1.25 bits per heavy atom. The molecule has 1 aromatic heterocycles. The number of hydrogen-bond donors (Lipinski definition) is 3. The number of amidine groups is 1. The maximum absolute atomic E-state index is 5.74. The summed E-state index contributed by atoms with van der Waals surface area (Å²) in [6, 6.07) is 9.46.